The summed E-state index contributed by atoms with van der Waals surface area (Å²) in [4.78, 5) is 12.0. The minimum atomic E-state index is -0.303. The second-order valence-electron chi connectivity index (χ2n) is 5.62. The summed E-state index contributed by atoms with van der Waals surface area (Å²) in [5.74, 6) is 0.363. The van der Waals surface area contributed by atoms with Gasteiger partial charge in [0.15, 0.2) is 0 Å². The van der Waals surface area contributed by atoms with Gasteiger partial charge in [0.05, 0.1) is 0 Å². The van der Waals surface area contributed by atoms with Gasteiger partial charge in [-0.15, -0.1) is 0 Å². The molecular weight excluding hydrogens is 272 g/mol. The normalized spacial score (nSPS) is 11.3. The van der Waals surface area contributed by atoms with Crippen LogP contribution in [-0.4, -0.2) is 5.97 Å². The molecule has 2 aromatic carbocycles. The Labute approximate surface area is 132 Å². The zero-order valence-corrected chi connectivity index (χ0v) is 13.4. The van der Waals surface area contributed by atoms with Gasteiger partial charge in [0, 0.05) is 6.08 Å². The van der Waals surface area contributed by atoms with Gasteiger partial charge < -0.3 is 4.74 Å². The Balaban J connectivity index is 1.95. The fraction of sp³-hybridized carbons (Fsp3) is 0.250. The van der Waals surface area contributed by atoms with E-state index >= 15 is 0 Å². The summed E-state index contributed by atoms with van der Waals surface area (Å²) in [7, 11) is 0. The number of esters is 1. The van der Waals surface area contributed by atoms with Crippen LogP contribution in [0, 0.1) is 13.8 Å². The first-order chi connectivity index (χ1) is 10.6. The summed E-state index contributed by atoms with van der Waals surface area (Å²) in [6, 6.07) is 16.1. The van der Waals surface area contributed by atoms with Crippen LogP contribution in [-0.2, 0) is 11.2 Å². The monoisotopic (exact) mass is 294 g/mol. The van der Waals surface area contributed by atoms with Crippen molar-refractivity contribution in [2.24, 2.45) is 0 Å². The van der Waals surface area contributed by atoms with Crippen molar-refractivity contribution in [3.8, 4) is 5.75 Å². The third-order valence-electron chi connectivity index (χ3n) is 3.63. The number of carbonyl (C=O) groups excluding carboxylic acids is 1. The van der Waals surface area contributed by atoms with Crippen molar-refractivity contribution in [3.05, 3.63) is 76.9 Å². The second kappa shape index (κ2) is 7.60. The minimum Gasteiger partial charge on any atom is -0.423 e. The van der Waals surface area contributed by atoms with Gasteiger partial charge in [-0.2, -0.15) is 0 Å². The highest BCUT2D eigenvalue weighted by molar-refractivity contribution is 5.85. The fourth-order valence-electron chi connectivity index (χ4n) is 2.35. The van der Waals surface area contributed by atoms with E-state index in [0.717, 1.165) is 29.5 Å². The SMILES string of the molecule is C/C(=C\C(=O)Oc1c(C)cccc1C)CCc1ccccc1. The van der Waals surface area contributed by atoms with Crippen LogP contribution in [0.5, 0.6) is 5.75 Å². The summed E-state index contributed by atoms with van der Waals surface area (Å²) in [5, 5.41) is 0. The van der Waals surface area contributed by atoms with Crippen LogP contribution in [0.1, 0.15) is 30.0 Å². The molecule has 0 aliphatic heterocycles. The zero-order valence-electron chi connectivity index (χ0n) is 13.4. The summed E-state index contributed by atoms with van der Waals surface area (Å²) in [6.45, 7) is 5.86. The quantitative estimate of drug-likeness (QED) is 0.450. The lowest BCUT2D eigenvalue weighted by atomic mass is 10.1. The highest BCUT2D eigenvalue weighted by Gasteiger charge is 2.08. The maximum atomic E-state index is 12.0. The van der Waals surface area contributed by atoms with Crippen LogP contribution < -0.4 is 4.74 Å². The highest BCUT2D eigenvalue weighted by atomic mass is 16.5. The van der Waals surface area contributed by atoms with Crippen LogP contribution in [0.15, 0.2) is 60.2 Å². The lowest BCUT2D eigenvalue weighted by Crippen LogP contribution is -2.07. The number of hydrogen-bond acceptors (Lipinski definition) is 2. The van der Waals surface area contributed by atoms with E-state index in [2.05, 4.69) is 12.1 Å². The van der Waals surface area contributed by atoms with E-state index in [1.165, 1.54) is 5.56 Å². The first kappa shape index (κ1) is 16.0. The smallest absolute Gasteiger partial charge is 0.336 e. The molecule has 0 bridgehead atoms. The van der Waals surface area contributed by atoms with E-state index in [9.17, 15) is 4.79 Å². The van der Waals surface area contributed by atoms with Crippen LogP contribution >= 0.6 is 0 Å². The van der Waals surface area contributed by atoms with Gasteiger partial charge in [0.1, 0.15) is 5.75 Å². The number of benzene rings is 2. The molecule has 0 fully saturated rings. The first-order valence-electron chi connectivity index (χ1n) is 7.55. The van der Waals surface area contributed by atoms with Gasteiger partial charge >= 0.3 is 5.97 Å². The number of para-hydroxylation sites is 1. The third-order valence-corrected chi connectivity index (χ3v) is 3.63. The predicted molar refractivity (Wildman–Crippen MR) is 90.1 cm³/mol. The number of carbonyl (C=O) groups is 1. The van der Waals surface area contributed by atoms with Crippen LogP contribution in [0.25, 0.3) is 0 Å². The summed E-state index contributed by atoms with van der Waals surface area (Å²) < 4.78 is 5.48. The molecule has 0 heterocycles. The van der Waals surface area contributed by atoms with E-state index in [4.69, 9.17) is 4.74 Å². The molecule has 2 rings (SSSR count). The Morgan fingerprint density at radius 1 is 1.00 bits per heavy atom. The molecule has 2 nitrogen and oxygen atoms in total. The summed E-state index contributed by atoms with van der Waals surface area (Å²) >= 11 is 0. The van der Waals surface area contributed by atoms with E-state index in [-0.39, 0.29) is 5.97 Å². The van der Waals surface area contributed by atoms with Crippen molar-refractivity contribution in [2.45, 2.75) is 33.6 Å². The van der Waals surface area contributed by atoms with Crippen molar-refractivity contribution >= 4 is 5.97 Å². The molecule has 114 valence electrons. The molecule has 0 saturated carbocycles. The average Bonchev–Trinajstić information content (AvgIpc) is 2.50. The molecule has 0 saturated heterocycles. The third kappa shape index (κ3) is 4.59. The van der Waals surface area contributed by atoms with Crippen LogP contribution in [0.2, 0.25) is 0 Å². The van der Waals surface area contributed by atoms with E-state index < -0.39 is 0 Å². The molecule has 0 unspecified atom stereocenters. The molecule has 22 heavy (non-hydrogen) atoms. The topological polar surface area (TPSA) is 26.3 Å². The molecule has 0 aliphatic carbocycles. The highest BCUT2D eigenvalue weighted by Crippen LogP contribution is 2.22. The molecule has 0 aromatic heterocycles. The summed E-state index contributed by atoms with van der Waals surface area (Å²) in [5.41, 5.74) is 4.26. The first-order valence-corrected chi connectivity index (χ1v) is 7.55. The Bertz CT molecular complexity index is 649. The van der Waals surface area contributed by atoms with Crippen molar-refractivity contribution in [1.29, 1.82) is 0 Å². The molecule has 0 spiro atoms. The standard InChI is InChI=1S/C20H22O2/c1-15(12-13-18-10-5-4-6-11-18)14-19(21)22-20-16(2)8-7-9-17(20)3/h4-11,14H,12-13H2,1-3H3/b15-14+. The van der Waals surface area contributed by atoms with E-state index in [0.29, 0.717) is 5.75 Å². The van der Waals surface area contributed by atoms with Crippen molar-refractivity contribution in [3.63, 3.8) is 0 Å². The Kier molecular flexibility index (Phi) is 5.54. The molecule has 2 aromatic rings. The van der Waals surface area contributed by atoms with E-state index in [1.54, 1.807) is 6.08 Å². The molecule has 0 N–H and O–H groups in total. The summed E-state index contributed by atoms with van der Waals surface area (Å²) in [6.07, 6.45) is 3.38. The van der Waals surface area contributed by atoms with Gasteiger partial charge in [-0.05, 0) is 50.3 Å². The minimum absolute atomic E-state index is 0.303. The Morgan fingerprint density at radius 2 is 1.64 bits per heavy atom. The largest absolute Gasteiger partial charge is 0.423 e. The molecular formula is C20H22O2. The maximum Gasteiger partial charge on any atom is 0.336 e. The van der Waals surface area contributed by atoms with Gasteiger partial charge in [0.2, 0.25) is 0 Å². The number of rotatable bonds is 5. The van der Waals surface area contributed by atoms with Crippen molar-refractivity contribution in [1.82, 2.24) is 0 Å². The molecule has 2 heteroatoms. The lowest BCUT2D eigenvalue weighted by molar-refractivity contribution is -0.129. The van der Waals surface area contributed by atoms with Crippen molar-refractivity contribution in [2.75, 3.05) is 0 Å². The number of hydrogen-bond donors (Lipinski definition) is 0. The van der Waals surface area contributed by atoms with Gasteiger partial charge in [-0.3, -0.25) is 0 Å². The Morgan fingerprint density at radius 3 is 2.27 bits per heavy atom. The molecule has 0 radical (unpaired) electrons. The fourth-order valence-corrected chi connectivity index (χ4v) is 2.35. The second-order valence-corrected chi connectivity index (χ2v) is 5.62. The van der Waals surface area contributed by atoms with Gasteiger partial charge in [0.25, 0.3) is 0 Å². The lowest BCUT2D eigenvalue weighted by Gasteiger charge is -2.09. The predicted octanol–water partition coefficient (Wildman–Crippen LogP) is 4.79. The number of ether oxygens (including phenoxy) is 1. The van der Waals surface area contributed by atoms with Crippen LogP contribution in [0.4, 0.5) is 0 Å². The van der Waals surface area contributed by atoms with E-state index in [1.807, 2.05) is 57.2 Å². The van der Waals surface area contributed by atoms with Gasteiger partial charge in [-0.25, -0.2) is 4.79 Å². The number of aryl methyl sites for hydroxylation is 3. The number of allylic oxidation sites excluding steroid dienone is 1. The average molecular weight is 294 g/mol. The molecule has 0 amide bonds. The zero-order chi connectivity index (χ0) is 15.9. The molecule has 0 atom stereocenters. The molecule has 0 aliphatic rings. The van der Waals surface area contributed by atoms with Gasteiger partial charge in [-0.1, -0.05) is 54.1 Å². The van der Waals surface area contributed by atoms with Crippen molar-refractivity contribution < 1.29 is 9.53 Å². The Hall–Kier alpha value is -2.35. The maximum absolute atomic E-state index is 12.0. The van der Waals surface area contributed by atoms with Crippen LogP contribution in [0.3, 0.4) is 0 Å².